The molecule has 1 N–H and O–H groups in total. The number of non-ortho nitro benzene ring substituents is 1. The number of hydrogen-bond donors (Lipinski definition) is 1. The predicted octanol–water partition coefficient (Wildman–Crippen LogP) is 3.98. The Morgan fingerprint density at radius 3 is 2.32 bits per heavy atom. The first-order chi connectivity index (χ1) is 13.1. The standard InChI is InChI=1S/C20H26N2O6/c1-19(2,3)28-18(24)21-16-12-20(16)10-8-15(9-11-20)27-17(23)13-4-6-14(7-5-13)22(25)26/h4-7,15-16H,8-12H2,1-3H3,(H,21,24). The number of rotatable bonds is 4. The molecular weight excluding hydrogens is 364 g/mol. The van der Waals surface area contributed by atoms with Crippen LogP contribution in [0.2, 0.25) is 0 Å². The van der Waals surface area contributed by atoms with Gasteiger partial charge in [0.05, 0.1) is 10.5 Å². The van der Waals surface area contributed by atoms with E-state index < -0.39 is 16.5 Å². The lowest BCUT2D eigenvalue weighted by molar-refractivity contribution is -0.384. The van der Waals surface area contributed by atoms with Gasteiger partial charge in [-0.3, -0.25) is 10.1 Å². The number of benzene rings is 1. The molecule has 1 amide bonds. The van der Waals surface area contributed by atoms with E-state index >= 15 is 0 Å². The summed E-state index contributed by atoms with van der Waals surface area (Å²) in [5.41, 5.74) is -0.182. The predicted molar refractivity (Wildman–Crippen MR) is 101 cm³/mol. The fourth-order valence-corrected chi connectivity index (χ4v) is 3.78. The Labute approximate surface area is 163 Å². The molecule has 1 aromatic carbocycles. The van der Waals surface area contributed by atoms with Crippen molar-refractivity contribution >= 4 is 17.7 Å². The van der Waals surface area contributed by atoms with Crippen molar-refractivity contribution < 1.29 is 24.0 Å². The molecular formula is C20H26N2O6. The molecule has 0 aromatic heterocycles. The molecule has 2 saturated carbocycles. The number of amides is 1. The van der Waals surface area contributed by atoms with Crippen LogP contribution in [0, 0.1) is 15.5 Å². The lowest BCUT2D eigenvalue weighted by atomic mass is 9.84. The minimum absolute atomic E-state index is 0.0616. The van der Waals surface area contributed by atoms with Crippen LogP contribution in [0.1, 0.15) is 63.2 Å². The van der Waals surface area contributed by atoms with Crippen LogP contribution in [-0.2, 0) is 9.47 Å². The minimum Gasteiger partial charge on any atom is -0.459 e. The quantitative estimate of drug-likeness (QED) is 0.473. The van der Waals surface area contributed by atoms with Gasteiger partial charge in [0, 0.05) is 18.2 Å². The van der Waals surface area contributed by atoms with Crippen LogP contribution in [0.25, 0.3) is 0 Å². The van der Waals surface area contributed by atoms with Gasteiger partial charge in [0.1, 0.15) is 11.7 Å². The van der Waals surface area contributed by atoms with Gasteiger partial charge in [-0.25, -0.2) is 9.59 Å². The van der Waals surface area contributed by atoms with Crippen LogP contribution in [0.15, 0.2) is 24.3 Å². The summed E-state index contributed by atoms with van der Waals surface area (Å²) in [7, 11) is 0. The summed E-state index contributed by atoms with van der Waals surface area (Å²) >= 11 is 0. The van der Waals surface area contributed by atoms with Crippen molar-refractivity contribution in [2.24, 2.45) is 5.41 Å². The summed E-state index contributed by atoms with van der Waals surface area (Å²) in [4.78, 5) is 34.3. The Kier molecular flexibility index (Phi) is 5.32. The number of esters is 1. The van der Waals surface area contributed by atoms with Gasteiger partial charge < -0.3 is 14.8 Å². The lowest BCUT2D eigenvalue weighted by Crippen LogP contribution is -2.37. The van der Waals surface area contributed by atoms with E-state index in [-0.39, 0.29) is 29.3 Å². The van der Waals surface area contributed by atoms with E-state index in [9.17, 15) is 19.7 Å². The number of alkyl carbamates (subject to hydrolysis) is 1. The van der Waals surface area contributed by atoms with Crippen LogP contribution in [-0.4, -0.2) is 34.7 Å². The van der Waals surface area contributed by atoms with E-state index in [1.165, 1.54) is 24.3 Å². The van der Waals surface area contributed by atoms with E-state index in [0.29, 0.717) is 5.56 Å². The first-order valence-electron chi connectivity index (χ1n) is 9.53. The summed E-state index contributed by atoms with van der Waals surface area (Å²) in [6, 6.07) is 5.53. The summed E-state index contributed by atoms with van der Waals surface area (Å²) in [6.07, 6.45) is 3.61. The Balaban J connectivity index is 1.45. The van der Waals surface area contributed by atoms with Gasteiger partial charge in [-0.2, -0.15) is 0 Å². The molecule has 1 atom stereocenters. The van der Waals surface area contributed by atoms with Crippen molar-refractivity contribution in [3.8, 4) is 0 Å². The number of nitro groups is 1. The van der Waals surface area contributed by atoms with E-state index in [1.807, 2.05) is 20.8 Å². The lowest BCUT2D eigenvalue weighted by Gasteiger charge is -2.29. The van der Waals surface area contributed by atoms with Crippen molar-refractivity contribution in [3.63, 3.8) is 0 Å². The summed E-state index contributed by atoms with van der Waals surface area (Å²) < 4.78 is 10.9. The van der Waals surface area contributed by atoms with Gasteiger partial charge in [0.2, 0.25) is 0 Å². The largest absolute Gasteiger partial charge is 0.459 e. The molecule has 0 heterocycles. The van der Waals surface area contributed by atoms with Gasteiger partial charge in [0.25, 0.3) is 5.69 Å². The highest BCUT2D eigenvalue weighted by Crippen LogP contribution is 2.56. The SMILES string of the molecule is CC(C)(C)OC(=O)NC1CC12CCC(OC(=O)c1ccc([N+](=O)[O-])cc1)CC2. The molecule has 3 rings (SSSR count). The zero-order valence-electron chi connectivity index (χ0n) is 16.4. The third-order valence-corrected chi connectivity index (χ3v) is 5.40. The highest BCUT2D eigenvalue weighted by Gasteiger charge is 2.56. The van der Waals surface area contributed by atoms with Gasteiger partial charge in [-0.05, 0) is 70.4 Å². The summed E-state index contributed by atoms with van der Waals surface area (Å²) in [5, 5.41) is 13.6. The fourth-order valence-electron chi connectivity index (χ4n) is 3.78. The van der Waals surface area contributed by atoms with Crippen LogP contribution >= 0.6 is 0 Å². The molecule has 2 aliphatic carbocycles. The second kappa shape index (κ2) is 7.41. The normalized spacial score (nSPS) is 26.4. The number of ether oxygens (including phenoxy) is 2. The van der Waals surface area contributed by atoms with Crippen molar-refractivity contribution in [2.75, 3.05) is 0 Å². The van der Waals surface area contributed by atoms with Gasteiger partial charge in [-0.1, -0.05) is 0 Å². The monoisotopic (exact) mass is 390 g/mol. The van der Waals surface area contributed by atoms with Gasteiger partial charge >= 0.3 is 12.1 Å². The molecule has 1 aromatic rings. The molecule has 0 bridgehead atoms. The zero-order valence-corrected chi connectivity index (χ0v) is 16.4. The fraction of sp³-hybridized carbons (Fsp3) is 0.600. The van der Waals surface area contributed by atoms with E-state index in [2.05, 4.69) is 5.32 Å². The molecule has 0 aliphatic heterocycles. The molecule has 2 aliphatic rings. The molecule has 152 valence electrons. The third-order valence-electron chi connectivity index (χ3n) is 5.40. The van der Waals surface area contributed by atoms with Crippen molar-refractivity contribution in [1.82, 2.24) is 5.32 Å². The Hall–Kier alpha value is -2.64. The second-order valence-electron chi connectivity index (χ2n) is 8.67. The molecule has 1 unspecified atom stereocenters. The Bertz CT molecular complexity index is 760. The molecule has 2 fully saturated rings. The smallest absolute Gasteiger partial charge is 0.407 e. The average Bonchev–Trinajstić information content (AvgIpc) is 3.26. The summed E-state index contributed by atoms with van der Waals surface area (Å²) in [5.74, 6) is -0.463. The number of hydrogen-bond acceptors (Lipinski definition) is 6. The number of nitrogens with zero attached hydrogens (tertiary/aromatic N) is 1. The van der Waals surface area contributed by atoms with Crippen LogP contribution in [0.5, 0.6) is 0 Å². The van der Waals surface area contributed by atoms with Crippen LogP contribution in [0.3, 0.4) is 0 Å². The highest BCUT2D eigenvalue weighted by atomic mass is 16.6. The summed E-state index contributed by atoms with van der Waals surface area (Å²) in [6.45, 7) is 5.50. The molecule has 0 saturated heterocycles. The molecule has 1 spiro atoms. The third kappa shape index (κ3) is 4.79. The number of carbonyl (C=O) groups excluding carboxylic acids is 2. The molecule has 28 heavy (non-hydrogen) atoms. The minimum atomic E-state index is -0.518. The van der Waals surface area contributed by atoms with Crippen molar-refractivity contribution in [2.45, 2.75) is 70.6 Å². The topological polar surface area (TPSA) is 108 Å². The van der Waals surface area contributed by atoms with E-state index in [0.717, 1.165) is 32.1 Å². The maximum absolute atomic E-state index is 12.2. The van der Waals surface area contributed by atoms with E-state index in [4.69, 9.17) is 9.47 Å². The molecule has 8 nitrogen and oxygen atoms in total. The van der Waals surface area contributed by atoms with Crippen LogP contribution < -0.4 is 5.32 Å². The Morgan fingerprint density at radius 1 is 1.18 bits per heavy atom. The van der Waals surface area contributed by atoms with Crippen LogP contribution in [0.4, 0.5) is 10.5 Å². The Morgan fingerprint density at radius 2 is 1.79 bits per heavy atom. The number of carbonyl (C=O) groups is 2. The van der Waals surface area contributed by atoms with Gasteiger partial charge in [-0.15, -0.1) is 0 Å². The first-order valence-corrected chi connectivity index (χ1v) is 9.53. The van der Waals surface area contributed by atoms with Crippen molar-refractivity contribution in [3.05, 3.63) is 39.9 Å². The number of nitro benzene ring substituents is 1. The highest BCUT2D eigenvalue weighted by molar-refractivity contribution is 5.89. The molecule has 8 heteroatoms. The number of nitrogens with one attached hydrogen (secondary N) is 1. The first kappa shape index (κ1) is 20.1. The second-order valence-corrected chi connectivity index (χ2v) is 8.67. The van der Waals surface area contributed by atoms with E-state index in [1.54, 1.807) is 0 Å². The maximum Gasteiger partial charge on any atom is 0.407 e. The average molecular weight is 390 g/mol. The molecule has 0 radical (unpaired) electrons. The zero-order chi connectivity index (χ0) is 20.5. The van der Waals surface area contributed by atoms with Crippen molar-refractivity contribution in [1.29, 1.82) is 0 Å². The van der Waals surface area contributed by atoms with Gasteiger partial charge in [0.15, 0.2) is 0 Å². The maximum atomic E-state index is 12.2.